The molecule has 0 saturated carbocycles. The van der Waals surface area contributed by atoms with Crippen LogP contribution in [0.2, 0.25) is 0 Å². The Morgan fingerprint density at radius 1 is 1.16 bits per heavy atom. The van der Waals surface area contributed by atoms with Crippen molar-refractivity contribution in [3.63, 3.8) is 0 Å². The van der Waals surface area contributed by atoms with Gasteiger partial charge in [0.05, 0.1) is 0 Å². The Kier molecular flexibility index (Phi) is 3.23. The van der Waals surface area contributed by atoms with Crippen molar-refractivity contribution in [3.8, 4) is 0 Å². The topological polar surface area (TPSA) is 59.5 Å². The molecule has 1 fully saturated rings. The maximum atomic E-state index is 5.99. The molecule has 0 amide bonds. The summed E-state index contributed by atoms with van der Waals surface area (Å²) in [4.78, 5) is 6.92. The number of rotatable bonds is 2. The van der Waals surface area contributed by atoms with Crippen LogP contribution in [0.5, 0.6) is 0 Å². The minimum absolute atomic E-state index is 0.322. The first-order valence-electron chi connectivity index (χ1n) is 8.70. The summed E-state index contributed by atoms with van der Waals surface area (Å²) in [6, 6.07) is 12.8. The highest BCUT2D eigenvalue weighted by Gasteiger charge is 2.27. The number of hydrogen-bond donors (Lipinski definition) is 0. The van der Waals surface area contributed by atoms with Crippen LogP contribution in [0.15, 0.2) is 47.0 Å². The Balaban J connectivity index is 1.47. The predicted molar refractivity (Wildman–Crippen MR) is 95.9 cm³/mol. The van der Waals surface area contributed by atoms with Crippen molar-refractivity contribution in [1.82, 2.24) is 19.6 Å². The summed E-state index contributed by atoms with van der Waals surface area (Å²) < 4.78 is 8.07. The van der Waals surface area contributed by atoms with Gasteiger partial charge in [-0.2, -0.15) is 4.98 Å². The molecular formula is C19H19N5O. The lowest BCUT2D eigenvalue weighted by Crippen LogP contribution is -2.35. The third kappa shape index (κ3) is 2.45. The maximum absolute atomic E-state index is 5.99. The molecule has 1 aromatic carbocycles. The minimum atomic E-state index is 0.322. The van der Waals surface area contributed by atoms with Crippen LogP contribution in [0.4, 0.5) is 6.01 Å². The van der Waals surface area contributed by atoms with E-state index in [2.05, 4.69) is 38.6 Å². The minimum Gasteiger partial charge on any atom is -0.423 e. The molecule has 6 heteroatoms. The molecule has 4 heterocycles. The van der Waals surface area contributed by atoms with Crippen LogP contribution in [-0.4, -0.2) is 32.7 Å². The molecule has 0 bridgehead atoms. The number of benzene rings is 1. The summed E-state index contributed by atoms with van der Waals surface area (Å²) in [5, 5.41) is 8.73. The molecule has 1 unspecified atom stereocenters. The van der Waals surface area contributed by atoms with Gasteiger partial charge in [0.2, 0.25) is 0 Å². The second kappa shape index (κ2) is 5.58. The van der Waals surface area contributed by atoms with Gasteiger partial charge in [0.1, 0.15) is 11.3 Å². The molecule has 6 nitrogen and oxygen atoms in total. The largest absolute Gasteiger partial charge is 0.423 e. The lowest BCUT2D eigenvalue weighted by molar-refractivity contribution is 0.455. The molecule has 1 aliphatic heterocycles. The Bertz CT molecular complexity index is 1050. The van der Waals surface area contributed by atoms with Gasteiger partial charge in [-0.15, -0.1) is 10.2 Å². The zero-order valence-electron chi connectivity index (χ0n) is 14.1. The molecule has 0 radical (unpaired) electrons. The molecule has 1 saturated heterocycles. The highest BCUT2D eigenvalue weighted by Crippen LogP contribution is 2.30. The standard InChI is InChI=1S/C19H19N5O/c1-13-7-8-16-15(11-13)20-19(25-16)23-9-4-5-14(12-23)18-22-21-17-6-2-3-10-24(17)18/h2-3,6-8,10-11,14H,4-5,9,12H2,1H3. The monoisotopic (exact) mass is 333 g/mol. The zero-order valence-corrected chi connectivity index (χ0v) is 14.1. The molecule has 0 spiro atoms. The summed E-state index contributed by atoms with van der Waals surface area (Å²) in [7, 11) is 0. The first-order valence-corrected chi connectivity index (χ1v) is 8.70. The lowest BCUT2D eigenvalue weighted by Gasteiger charge is -2.30. The van der Waals surface area contributed by atoms with E-state index in [9.17, 15) is 0 Å². The first-order chi connectivity index (χ1) is 12.3. The smallest absolute Gasteiger partial charge is 0.298 e. The quantitative estimate of drug-likeness (QED) is 0.561. The van der Waals surface area contributed by atoms with E-state index in [4.69, 9.17) is 9.40 Å². The number of pyridine rings is 1. The Labute approximate surface area is 145 Å². The normalized spacial score (nSPS) is 18.3. The van der Waals surface area contributed by atoms with Gasteiger partial charge in [0.15, 0.2) is 11.2 Å². The maximum Gasteiger partial charge on any atom is 0.298 e. The second-order valence-electron chi connectivity index (χ2n) is 6.74. The number of hydrogen-bond acceptors (Lipinski definition) is 5. The SMILES string of the molecule is Cc1ccc2oc(N3CCCC(c4nnc5ccccn45)C3)nc2c1. The Morgan fingerprint density at radius 2 is 2.12 bits per heavy atom. The van der Waals surface area contributed by atoms with Gasteiger partial charge in [-0.05, 0) is 49.6 Å². The Hall–Kier alpha value is -2.89. The average Bonchev–Trinajstić information content (AvgIpc) is 3.25. The van der Waals surface area contributed by atoms with Crippen LogP contribution in [0.1, 0.15) is 30.1 Å². The van der Waals surface area contributed by atoms with Crippen molar-refractivity contribution in [2.45, 2.75) is 25.7 Å². The van der Waals surface area contributed by atoms with Crippen LogP contribution >= 0.6 is 0 Å². The van der Waals surface area contributed by atoms with E-state index in [0.717, 1.165) is 48.5 Å². The average molecular weight is 333 g/mol. The van der Waals surface area contributed by atoms with Gasteiger partial charge in [-0.25, -0.2) is 0 Å². The van der Waals surface area contributed by atoms with E-state index in [-0.39, 0.29) is 0 Å². The predicted octanol–water partition coefficient (Wildman–Crippen LogP) is 3.56. The number of nitrogens with zero attached hydrogens (tertiary/aromatic N) is 5. The fourth-order valence-corrected chi connectivity index (χ4v) is 3.66. The van der Waals surface area contributed by atoms with E-state index >= 15 is 0 Å². The van der Waals surface area contributed by atoms with Gasteiger partial charge >= 0.3 is 0 Å². The summed E-state index contributed by atoms with van der Waals surface area (Å²) >= 11 is 0. The highest BCUT2D eigenvalue weighted by molar-refractivity contribution is 5.75. The van der Waals surface area contributed by atoms with Crippen molar-refractivity contribution < 1.29 is 4.42 Å². The Morgan fingerprint density at radius 3 is 3.08 bits per heavy atom. The van der Waals surface area contributed by atoms with Crippen LogP contribution in [0.25, 0.3) is 16.7 Å². The highest BCUT2D eigenvalue weighted by atomic mass is 16.4. The van der Waals surface area contributed by atoms with E-state index in [1.165, 1.54) is 5.56 Å². The van der Waals surface area contributed by atoms with E-state index in [1.807, 2.05) is 30.5 Å². The van der Waals surface area contributed by atoms with Crippen molar-refractivity contribution in [2.24, 2.45) is 0 Å². The number of oxazole rings is 1. The number of aryl methyl sites for hydroxylation is 1. The van der Waals surface area contributed by atoms with E-state index in [0.29, 0.717) is 11.9 Å². The summed E-state index contributed by atoms with van der Waals surface area (Å²) in [5.41, 5.74) is 3.85. The van der Waals surface area contributed by atoms with Crippen LogP contribution < -0.4 is 4.90 Å². The molecule has 0 aliphatic carbocycles. The van der Waals surface area contributed by atoms with Crippen molar-refractivity contribution in [2.75, 3.05) is 18.0 Å². The number of aromatic nitrogens is 4. The van der Waals surface area contributed by atoms with Gasteiger partial charge < -0.3 is 9.32 Å². The number of anilines is 1. The van der Waals surface area contributed by atoms with Crippen molar-refractivity contribution >= 4 is 22.8 Å². The summed E-state index contributed by atoms with van der Waals surface area (Å²) in [6.45, 7) is 3.88. The molecule has 126 valence electrons. The lowest BCUT2D eigenvalue weighted by atomic mass is 9.97. The van der Waals surface area contributed by atoms with Crippen molar-refractivity contribution in [3.05, 3.63) is 54.0 Å². The third-order valence-corrected chi connectivity index (χ3v) is 4.93. The first kappa shape index (κ1) is 14.5. The molecule has 4 aromatic rings. The van der Waals surface area contributed by atoms with Gasteiger partial charge in [-0.1, -0.05) is 12.1 Å². The fourth-order valence-electron chi connectivity index (χ4n) is 3.66. The second-order valence-corrected chi connectivity index (χ2v) is 6.74. The van der Waals surface area contributed by atoms with Crippen LogP contribution in [-0.2, 0) is 0 Å². The summed E-state index contributed by atoms with van der Waals surface area (Å²) in [6.07, 6.45) is 4.22. The molecule has 5 rings (SSSR count). The number of fused-ring (bicyclic) bond motifs is 2. The van der Waals surface area contributed by atoms with Crippen molar-refractivity contribution in [1.29, 1.82) is 0 Å². The van der Waals surface area contributed by atoms with Gasteiger partial charge in [0, 0.05) is 25.2 Å². The molecule has 1 atom stereocenters. The third-order valence-electron chi connectivity index (χ3n) is 4.93. The summed E-state index contributed by atoms with van der Waals surface area (Å²) in [5.74, 6) is 1.34. The van der Waals surface area contributed by atoms with E-state index in [1.54, 1.807) is 0 Å². The molecule has 1 aliphatic rings. The van der Waals surface area contributed by atoms with Gasteiger partial charge in [0.25, 0.3) is 6.01 Å². The fraction of sp³-hybridized carbons (Fsp3) is 0.316. The van der Waals surface area contributed by atoms with Gasteiger partial charge in [-0.3, -0.25) is 4.40 Å². The molecule has 25 heavy (non-hydrogen) atoms. The van der Waals surface area contributed by atoms with E-state index < -0.39 is 0 Å². The number of piperidine rings is 1. The molecule has 0 N–H and O–H groups in total. The zero-order chi connectivity index (χ0) is 16.8. The van der Waals surface area contributed by atoms with Crippen LogP contribution in [0, 0.1) is 6.92 Å². The molecule has 3 aromatic heterocycles. The molecular weight excluding hydrogens is 314 g/mol. The van der Waals surface area contributed by atoms with Crippen LogP contribution in [0.3, 0.4) is 0 Å².